The van der Waals surface area contributed by atoms with Crippen LogP contribution in [0.3, 0.4) is 0 Å². The molecule has 0 radical (unpaired) electrons. The summed E-state index contributed by atoms with van der Waals surface area (Å²) in [4.78, 5) is 43.3. The first-order chi connectivity index (χ1) is 20.1. The maximum atomic E-state index is 14.6. The van der Waals surface area contributed by atoms with Gasteiger partial charge in [-0.05, 0) is 101 Å². The zero-order valence-corrected chi connectivity index (χ0v) is 26.9. The molecule has 0 bridgehead atoms. The minimum absolute atomic E-state index is 0.0806. The van der Waals surface area contributed by atoms with Gasteiger partial charge in [0.25, 0.3) is 5.91 Å². The van der Waals surface area contributed by atoms with Gasteiger partial charge < -0.3 is 25.4 Å². The lowest BCUT2D eigenvalue weighted by molar-refractivity contribution is -0.142. The lowest BCUT2D eigenvalue weighted by Crippen LogP contribution is -2.55. The van der Waals surface area contributed by atoms with Crippen molar-refractivity contribution >= 4 is 35.2 Å². The molecule has 3 rings (SSSR count). The number of halogens is 1. The Kier molecular flexibility index (Phi) is 10.9. The van der Waals surface area contributed by atoms with Crippen molar-refractivity contribution in [1.82, 2.24) is 10.2 Å². The maximum Gasteiger partial charge on any atom is 0.408 e. The van der Waals surface area contributed by atoms with E-state index in [1.807, 2.05) is 58.9 Å². The molecule has 3 amide bonds. The van der Waals surface area contributed by atoms with E-state index in [2.05, 4.69) is 10.6 Å². The molecule has 8 nitrogen and oxygen atoms in total. The highest BCUT2D eigenvalue weighted by Crippen LogP contribution is 2.32. The first-order valence-electron chi connectivity index (χ1n) is 14.3. The number of nitrogens with one attached hydrogen (secondary N) is 2. The van der Waals surface area contributed by atoms with Gasteiger partial charge in [-0.25, -0.2) is 4.79 Å². The van der Waals surface area contributed by atoms with E-state index in [1.54, 1.807) is 45.0 Å². The molecule has 0 spiro atoms. The number of phenols is 1. The van der Waals surface area contributed by atoms with Crippen LogP contribution in [0, 0.1) is 20.8 Å². The van der Waals surface area contributed by atoms with E-state index in [-0.39, 0.29) is 12.2 Å². The summed E-state index contributed by atoms with van der Waals surface area (Å²) in [6.45, 7) is 14.6. The van der Waals surface area contributed by atoms with E-state index in [1.165, 1.54) is 17.0 Å². The van der Waals surface area contributed by atoms with Gasteiger partial charge in [-0.1, -0.05) is 54.1 Å². The van der Waals surface area contributed by atoms with Crippen LogP contribution in [0.5, 0.6) is 5.75 Å². The average Bonchev–Trinajstić information content (AvgIpc) is 2.90. The number of hydrogen-bond acceptors (Lipinski definition) is 5. The molecule has 3 N–H and O–H groups in total. The Bertz CT molecular complexity index is 1440. The summed E-state index contributed by atoms with van der Waals surface area (Å²) < 4.78 is 5.49. The van der Waals surface area contributed by atoms with Gasteiger partial charge in [0.1, 0.15) is 23.4 Å². The summed E-state index contributed by atoms with van der Waals surface area (Å²) in [7, 11) is 0. The van der Waals surface area contributed by atoms with Crippen molar-refractivity contribution in [3.63, 3.8) is 0 Å². The van der Waals surface area contributed by atoms with Gasteiger partial charge in [0.05, 0.1) is 10.7 Å². The molecule has 2 atom stereocenters. The van der Waals surface area contributed by atoms with Crippen LogP contribution in [0.25, 0.3) is 0 Å². The summed E-state index contributed by atoms with van der Waals surface area (Å²) >= 11 is 6.47. The highest BCUT2D eigenvalue weighted by Gasteiger charge is 2.39. The molecule has 0 aliphatic rings. The SMILES string of the molecule is Cc1cccc(C(C(=O)Nc2c(C)cccc2Cl)N(C(=O)C(Cc2ccc(O)cc2)NC(=O)OC(C)(C)C)C(C)C)c1C. The van der Waals surface area contributed by atoms with Crippen molar-refractivity contribution in [3.8, 4) is 5.75 Å². The summed E-state index contributed by atoms with van der Waals surface area (Å²) in [5, 5.41) is 15.9. The van der Waals surface area contributed by atoms with Gasteiger partial charge >= 0.3 is 6.09 Å². The predicted octanol–water partition coefficient (Wildman–Crippen LogP) is 7.02. The smallest absolute Gasteiger partial charge is 0.408 e. The topological polar surface area (TPSA) is 108 Å². The van der Waals surface area contributed by atoms with Crippen LogP contribution in [0.2, 0.25) is 5.02 Å². The Labute approximate surface area is 259 Å². The number of nitrogens with zero attached hydrogens (tertiary/aromatic N) is 1. The van der Waals surface area contributed by atoms with Crippen LogP contribution in [0.1, 0.15) is 68.5 Å². The number of benzene rings is 3. The number of carbonyl (C=O) groups excluding carboxylic acids is 3. The van der Waals surface area contributed by atoms with Crippen LogP contribution < -0.4 is 10.6 Å². The van der Waals surface area contributed by atoms with Crippen molar-refractivity contribution in [3.05, 3.63) is 93.5 Å². The van der Waals surface area contributed by atoms with Crippen LogP contribution in [0.15, 0.2) is 60.7 Å². The van der Waals surface area contributed by atoms with Crippen LogP contribution >= 0.6 is 11.6 Å². The molecule has 43 heavy (non-hydrogen) atoms. The number of alkyl carbamates (subject to hydrolysis) is 1. The molecule has 0 heterocycles. The molecule has 0 aliphatic carbocycles. The number of rotatable bonds is 9. The van der Waals surface area contributed by atoms with E-state index in [9.17, 15) is 19.5 Å². The number of aromatic hydroxyl groups is 1. The molecule has 0 fully saturated rings. The van der Waals surface area contributed by atoms with Crippen molar-refractivity contribution < 1.29 is 24.2 Å². The van der Waals surface area contributed by atoms with Crippen molar-refractivity contribution in [2.45, 2.75) is 85.5 Å². The van der Waals surface area contributed by atoms with Crippen LogP contribution in [-0.4, -0.2) is 45.6 Å². The number of ether oxygens (including phenoxy) is 1. The van der Waals surface area contributed by atoms with E-state index < -0.39 is 41.6 Å². The second-order valence-electron chi connectivity index (χ2n) is 12.0. The lowest BCUT2D eigenvalue weighted by Gasteiger charge is -2.38. The van der Waals surface area contributed by atoms with Crippen molar-refractivity contribution in [2.24, 2.45) is 0 Å². The van der Waals surface area contributed by atoms with Gasteiger partial charge in [0.2, 0.25) is 5.91 Å². The zero-order chi connectivity index (χ0) is 32.1. The predicted molar refractivity (Wildman–Crippen MR) is 170 cm³/mol. The van der Waals surface area contributed by atoms with Gasteiger partial charge in [-0.2, -0.15) is 0 Å². The number of anilines is 1. The van der Waals surface area contributed by atoms with Crippen molar-refractivity contribution in [1.29, 1.82) is 0 Å². The van der Waals surface area contributed by atoms with E-state index >= 15 is 0 Å². The van der Waals surface area contributed by atoms with Gasteiger partial charge in [0.15, 0.2) is 0 Å². The molecule has 230 valence electrons. The first-order valence-corrected chi connectivity index (χ1v) is 14.7. The standard InChI is InChI=1S/C34H42ClN3O5/c1-20(2)38(32(41)28(36-33(42)43-34(6,7)8)19-24-15-17-25(39)18-16-24)30(26-13-9-11-21(3)23(26)5)31(40)37-29-22(4)12-10-14-27(29)35/h9-18,20,28,30,39H,19H2,1-8H3,(H,36,42)(H,37,40). The fourth-order valence-corrected chi connectivity index (χ4v) is 5.12. The largest absolute Gasteiger partial charge is 0.508 e. The number of aryl methyl sites for hydroxylation is 2. The van der Waals surface area contributed by atoms with Gasteiger partial charge in [0, 0.05) is 12.5 Å². The summed E-state index contributed by atoms with van der Waals surface area (Å²) in [5.41, 5.74) is 3.65. The molecule has 2 unspecified atom stereocenters. The van der Waals surface area contributed by atoms with Crippen molar-refractivity contribution in [2.75, 3.05) is 5.32 Å². The maximum absolute atomic E-state index is 14.6. The molecule has 0 saturated heterocycles. The molecule has 9 heteroatoms. The number of phenolic OH excluding ortho intramolecular Hbond substituents is 1. The molecule has 0 saturated carbocycles. The summed E-state index contributed by atoms with van der Waals surface area (Å²) in [6, 6.07) is 14.8. The van der Waals surface area contributed by atoms with E-state index in [0.717, 1.165) is 16.7 Å². The normalized spacial score (nSPS) is 12.8. The monoisotopic (exact) mass is 607 g/mol. The molecule has 0 aliphatic heterocycles. The Morgan fingerprint density at radius 2 is 1.53 bits per heavy atom. The minimum Gasteiger partial charge on any atom is -0.508 e. The minimum atomic E-state index is -1.08. The third-order valence-electron chi connectivity index (χ3n) is 7.11. The fourth-order valence-electron chi connectivity index (χ4n) is 4.85. The number of para-hydroxylation sites is 1. The number of carbonyl (C=O) groups is 3. The van der Waals surface area contributed by atoms with Crippen LogP contribution in [-0.2, 0) is 20.7 Å². The third-order valence-corrected chi connectivity index (χ3v) is 7.43. The molecular weight excluding hydrogens is 566 g/mol. The Morgan fingerprint density at radius 1 is 0.930 bits per heavy atom. The van der Waals surface area contributed by atoms with E-state index in [0.29, 0.717) is 21.8 Å². The fraction of sp³-hybridized carbons (Fsp3) is 0.382. The van der Waals surface area contributed by atoms with Crippen LogP contribution in [0.4, 0.5) is 10.5 Å². The molecule has 3 aromatic carbocycles. The highest BCUT2D eigenvalue weighted by molar-refractivity contribution is 6.34. The van der Waals surface area contributed by atoms with Gasteiger partial charge in [-0.15, -0.1) is 0 Å². The third kappa shape index (κ3) is 8.74. The number of hydrogen-bond donors (Lipinski definition) is 3. The molecule has 3 aromatic rings. The second kappa shape index (κ2) is 14.0. The Balaban J connectivity index is 2.13. The molecule has 0 aromatic heterocycles. The first kappa shape index (κ1) is 33.5. The average molecular weight is 608 g/mol. The highest BCUT2D eigenvalue weighted by atomic mass is 35.5. The van der Waals surface area contributed by atoms with Gasteiger partial charge in [-0.3, -0.25) is 9.59 Å². The molecular formula is C34H42ClN3O5. The lowest BCUT2D eigenvalue weighted by atomic mass is 9.93. The summed E-state index contributed by atoms with van der Waals surface area (Å²) in [6.07, 6.45) is -0.653. The quantitative estimate of drug-likeness (QED) is 0.242. The number of amides is 3. The summed E-state index contributed by atoms with van der Waals surface area (Å²) in [5.74, 6) is -0.824. The second-order valence-corrected chi connectivity index (χ2v) is 12.4. The zero-order valence-electron chi connectivity index (χ0n) is 26.1. The Morgan fingerprint density at radius 3 is 2.12 bits per heavy atom. The Hall–Kier alpha value is -4.04. The van der Waals surface area contributed by atoms with E-state index in [4.69, 9.17) is 16.3 Å².